The van der Waals surface area contributed by atoms with Crippen molar-refractivity contribution < 1.29 is 0 Å². The molecule has 0 bridgehead atoms. The normalized spacial score (nSPS) is 11.0. The molecule has 0 fully saturated rings. The minimum absolute atomic E-state index is 0.449. The van der Waals surface area contributed by atoms with Crippen LogP contribution in [0.5, 0.6) is 0 Å². The summed E-state index contributed by atoms with van der Waals surface area (Å²) in [5.74, 6) is 0.758. The second-order valence-corrected chi connectivity index (χ2v) is 4.57. The number of nitrogens with two attached hydrogens (primary N) is 1. The van der Waals surface area contributed by atoms with Crippen molar-refractivity contribution in [3.63, 3.8) is 0 Å². The second kappa shape index (κ2) is 3.99. The maximum absolute atomic E-state index is 5.96. The molecule has 2 aromatic heterocycles. The molecule has 2 heterocycles. The molecule has 0 spiro atoms. The van der Waals surface area contributed by atoms with Crippen molar-refractivity contribution in [3.05, 3.63) is 47.1 Å². The average molecular weight is 259 g/mol. The van der Waals surface area contributed by atoms with Crippen molar-refractivity contribution in [2.45, 2.75) is 6.92 Å². The molecular weight excluding hydrogens is 248 g/mol. The molecule has 0 aliphatic carbocycles. The molecule has 0 aliphatic heterocycles. The topological polar surface area (TPSA) is 56.2 Å². The third-order valence-corrected chi connectivity index (χ3v) is 3.20. The number of rotatable bonds is 1. The maximum atomic E-state index is 5.96. The first-order chi connectivity index (χ1) is 8.66. The van der Waals surface area contributed by atoms with Crippen LogP contribution in [-0.2, 0) is 0 Å². The predicted molar refractivity (Wildman–Crippen MR) is 72.6 cm³/mol. The van der Waals surface area contributed by atoms with Gasteiger partial charge in [-0.2, -0.15) is 0 Å². The minimum atomic E-state index is 0.449. The predicted octanol–water partition coefficient (Wildman–Crippen LogP) is 2.94. The summed E-state index contributed by atoms with van der Waals surface area (Å²) in [6, 6.07) is 9.84. The number of aryl methyl sites for hydroxylation is 1. The molecule has 0 saturated carbocycles. The van der Waals surface area contributed by atoms with Gasteiger partial charge in [0.1, 0.15) is 0 Å². The summed E-state index contributed by atoms with van der Waals surface area (Å²) in [6.07, 6.45) is 1.82. The average Bonchev–Trinajstić information content (AvgIpc) is 2.79. The lowest BCUT2D eigenvalue weighted by Gasteiger charge is -2.03. The van der Waals surface area contributed by atoms with Crippen LogP contribution in [0, 0.1) is 6.92 Å². The summed E-state index contributed by atoms with van der Waals surface area (Å²) in [6.45, 7) is 2.05. The van der Waals surface area contributed by atoms with Crippen molar-refractivity contribution in [3.8, 4) is 11.4 Å². The van der Waals surface area contributed by atoms with E-state index >= 15 is 0 Å². The maximum Gasteiger partial charge on any atom is 0.185 e. The molecule has 0 radical (unpaired) electrons. The number of aromatic nitrogens is 3. The van der Waals surface area contributed by atoms with E-state index < -0.39 is 0 Å². The van der Waals surface area contributed by atoms with Gasteiger partial charge in [0.25, 0.3) is 0 Å². The van der Waals surface area contributed by atoms with Crippen LogP contribution in [0.3, 0.4) is 0 Å². The van der Waals surface area contributed by atoms with Crippen LogP contribution in [0.25, 0.3) is 17.0 Å². The van der Waals surface area contributed by atoms with E-state index in [0.29, 0.717) is 16.4 Å². The van der Waals surface area contributed by atoms with Crippen LogP contribution in [0.15, 0.2) is 36.5 Å². The van der Waals surface area contributed by atoms with Gasteiger partial charge in [-0.15, -0.1) is 10.2 Å². The first-order valence-electron chi connectivity index (χ1n) is 5.52. The van der Waals surface area contributed by atoms with Gasteiger partial charge < -0.3 is 5.73 Å². The molecule has 3 rings (SSSR count). The fourth-order valence-corrected chi connectivity index (χ4v) is 1.99. The summed E-state index contributed by atoms with van der Waals surface area (Å²) in [5.41, 5.74) is 9.11. The zero-order chi connectivity index (χ0) is 12.7. The fraction of sp³-hybridized carbons (Fsp3) is 0.0769. The lowest BCUT2D eigenvalue weighted by molar-refractivity contribution is 1.11. The Balaban J connectivity index is 2.25. The van der Waals surface area contributed by atoms with Gasteiger partial charge in [0.05, 0.1) is 10.7 Å². The van der Waals surface area contributed by atoms with Gasteiger partial charge in [-0.05, 0) is 13.0 Å². The van der Waals surface area contributed by atoms with Gasteiger partial charge in [-0.25, -0.2) is 0 Å². The first-order valence-corrected chi connectivity index (χ1v) is 5.90. The third kappa shape index (κ3) is 1.62. The molecule has 5 heteroatoms. The van der Waals surface area contributed by atoms with Gasteiger partial charge >= 0.3 is 0 Å². The van der Waals surface area contributed by atoms with Crippen molar-refractivity contribution in [2.24, 2.45) is 0 Å². The largest absolute Gasteiger partial charge is 0.394 e. The fourth-order valence-electron chi connectivity index (χ4n) is 1.85. The summed E-state index contributed by atoms with van der Waals surface area (Å²) in [4.78, 5) is 0. The van der Waals surface area contributed by atoms with Crippen molar-refractivity contribution in [1.82, 2.24) is 14.6 Å². The summed E-state index contributed by atoms with van der Waals surface area (Å²) < 4.78 is 1.84. The zero-order valence-corrected chi connectivity index (χ0v) is 10.5. The first kappa shape index (κ1) is 11.0. The lowest BCUT2D eigenvalue weighted by atomic mass is 10.1. The SMILES string of the molecule is Cc1ccc(-c2nnc3c(N)c(Cl)ccn23)cc1. The van der Waals surface area contributed by atoms with Crippen LogP contribution < -0.4 is 5.73 Å². The Kier molecular flexibility index (Phi) is 2.45. The molecule has 4 nitrogen and oxygen atoms in total. The molecule has 0 saturated heterocycles. The highest BCUT2D eigenvalue weighted by Crippen LogP contribution is 2.26. The van der Waals surface area contributed by atoms with Gasteiger partial charge in [0.15, 0.2) is 11.5 Å². The van der Waals surface area contributed by atoms with E-state index in [2.05, 4.69) is 10.2 Å². The van der Waals surface area contributed by atoms with E-state index in [4.69, 9.17) is 17.3 Å². The number of halogens is 1. The molecule has 90 valence electrons. The lowest BCUT2D eigenvalue weighted by Crippen LogP contribution is -1.94. The molecule has 0 aliphatic rings. The minimum Gasteiger partial charge on any atom is -0.394 e. The van der Waals surface area contributed by atoms with Crippen LogP contribution in [0.4, 0.5) is 5.69 Å². The van der Waals surface area contributed by atoms with E-state index in [-0.39, 0.29) is 0 Å². The van der Waals surface area contributed by atoms with Crippen molar-refractivity contribution >= 4 is 22.9 Å². The quantitative estimate of drug-likeness (QED) is 0.730. The van der Waals surface area contributed by atoms with Gasteiger partial charge in [-0.3, -0.25) is 4.40 Å². The summed E-state index contributed by atoms with van der Waals surface area (Å²) in [5, 5.41) is 8.74. The Labute approximate surface area is 109 Å². The summed E-state index contributed by atoms with van der Waals surface area (Å²) in [7, 11) is 0. The summed E-state index contributed by atoms with van der Waals surface area (Å²) >= 11 is 5.96. The van der Waals surface area contributed by atoms with Crippen LogP contribution in [0.1, 0.15) is 5.56 Å². The Morgan fingerprint density at radius 3 is 2.56 bits per heavy atom. The molecule has 0 unspecified atom stereocenters. The number of nitrogens with zero attached hydrogens (tertiary/aromatic N) is 3. The van der Waals surface area contributed by atoms with E-state index in [1.807, 2.05) is 41.8 Å². The van der Waals surface area contributed by atoms with Crippen LogP contribution >= 0.6 is 11.6 Å². The van der Waals surface area contributed by atoms with Crippen LogP contribution in [-0.4, -0.2) is 14.6 Å². The van der Waals surface area contributed by atoms with Gasteiger partial charge in [0, 0.05) is 11.8 Å². The number of anilines is 1. The van der Waals surface area contributed by atoms with Crippen LogP contribution in [0.2, 0.25) is 5.02 Å². The van der Waals surface area contributed by atoms with E-state index in [1.165, 1.54) is 5.56 Å². The van der Waals surface area contributed by atoms with Crippen molar-refractivity contribution in [1.29, 1.82) is 0 Å². The van der Waals surface area contributed by atoms with Gasteiger partial charge in [0.2, 0.25) is 0 Å². The highest BCUT2D eigenvalue weighted by Gasteiger charge is 2.11. The monoisotopic (exact) mass is 258 g/mol. The molecule has 1 aromatic carbocycles. The molecule has 3 aromatic rings. The number of benzene rings is 1. The smallest absolute Gasteiger partial charge is 0.185 e. The van der Waals surface area contributed by atoms with E-state index in [0.717, 1.165) is 11.4 Å². The van der Waals surface area contributed by atoms with Crippen molar-refractivity contribution in [2.75, 3.05) is 5.73 Å². The molecule has 0 amide bonds. The number of hydrogen-bond acceptors (Lipinski definition) is 3. The standard InChI is InChI=1S/C13H11ClN4/c1-8-2-4-9(5-3-8)12-16-17-13-11(15)10(14)6-7-18(12)13/h2-7H,15H2,1H3. The third-order valence-electron chi connectivity index (χ3n) is 2.87. The highest BCUT2D eigenvalue weighted by molar-refractivity contribution is 6.33. The Morgan fingerprint density at radius 2 is 1.83 bits per heavy atom. The Morgan fingerprint density at radius 1 is 1.11 bits per heavy atom. The zero-order valence-electron chi connectivity index (χ0n) is 9.76. The van der Waals surface area contributed by atoms with E-state index in [9.17, 15) is 0 Å². The number of fused-ring (bicyclic) bond motifs is 1. The number of pyridine rings is 1. The molecule has 2 N–H and O–H groups in total. The molecule has 18 heavy (non-hydrogen) atoms. The van der Waals surface area contributed by atoms with E-state index in [1.54, 1.807) is 6.07 Å². The molecule has 0 atom stereocenters. The number of hydrogen-bond donors (Lipinski definition) is 1. The Bertz CT molecular complexity index is 716. The highest BCUT2D eigenvalue weighted by atomic mass is 35.5. The second-order valence-electron chi connectivity index (χ2n) is 4.16. The Hall–Kier alpha value is -2.07. The molecular formula is C13H11ClN4. The van der Waals surface area contributed by atoms with Gasteiger partial charge in [-0.1, -0.05) is 41.4 Å². The number of nitrogen functional groups attached to an aromatic ring is 1.